The van der Waals surface area contributed by atoms with Gasteiger partial charge in [0.15, 0.2) is 6.40 Å². The van der Waals surface area contributed by atoms with Crippen molar-refractivity contribution in [2.75, 3.05) is 50.0 Å². The Morgan fingerprint density at radius 1 is 1.20 bits per heavy atom. The Morgan fingerprint density at radius 2 is 2.13 bits per heavy atom. The summed E-state index contributed by atoms with van der Waals surface area (Å²) in [4.78, 5) is 18.9. The summed E-state index contributed by atoms with van der Waals surface area (Å²) in [5.74, 6) is 0.723. The minimum Gasteiger partial charge on any atom is -0.412 e. The van der Waals surface area contributed by atoms with Gasteiger partial charge < -0.3 is 24.8 Å². The van der Waals surface area contributed by atoms with Crippen LogP contribution in [0.5, 0.6) is 6.01 Å². The van der Waals surface area contributed by atoms with Crippen LogP contribution in [0.2, 0.25) is 0 Å². The van der Waals surface area contributed by atoms with E-state index in [1.54, 1.807) is 6.20 Å². The minimum absolute atomic E-state index is 0.0141. The molecule has 4 aliphatic heterocycles. The van der Waals surface area contributed by atoms with E-state index in [1.807, 2.05) is 29.1 Å². The van der Waals surface area contributed by atoms with E-state index in [0.717, 1.165) is 66.9 Å². The summed E-state index contributed by atoms with van der Waals surface area (Å²) < 4.78 is 35.2. The minimum atomic E-state index is -0.890. The van der Waals surface area contributed by atoms with Gasteiger partial charge >= 0.3 is 6.01 Å². The Balaban J connectivity index is 1.18. The number of hydrogen-bond acceptors (Lipinski definition) is 11. The molecule has 0 saturated carbocycles. The molecule has 12 nitrogen and oxygen atoms in total. The molecule has 2 aromatic heterocycles. The number of anilines is 2. The van der Waals surface area contributed by atoms with Crippen LogP contribution in [0.15, 0.2) is 35.6 Å². The lowest BCUT2D eigenvalue weighted by Gasteiger charge is -2.43. The molecular weight excluding hydrogens is 589 g/mol. The Kier molecular flexibility index (Phi) is 7.38. The first-order valence-electron chi connectivity index (χ1n) is 16.2. The predicted molar refractivity (Wildman–Crippen MR) is 167 cm³/mol. The van der Waals surface area contributed by atoms with Crippen molar-refractivity contribution < 1.29 is 18.6 Å². The van der Waals surface area contributed by atoms with Crippen LogP contribution >= 0.6 is 0 Å². The Labute approximate surface area is 267 Å². The van der Waals surface area contributed by atoms with E-state index in [9.17, 15) is 9.65 Å². The highest BCUT2D eigenvalue weighted by atomic mass is 19.1. The summed E-state index contributed by atoms with van der Waals surface area (Å²) in [7, 11) is 0. The van der Waals surface area contributed by atoms with Gasteiger partial charge in [-0.15, -0.1) is 0 Å². The normalized spacial score (nSPS) is 29.3. The molecule has 3 fully saturated rings. The van der Waals surface area contributed by atoms with Crippen molar-refractivity contribution in [1.82, 2.24) is 24.6 Å². The Hall–Kier alpha value is -4.12. The zero-order chi connectivity index (χ0) is 31.3. The lowest BCUT2D eigenvalue weighted by Crippen LogP contribution is -2.42. The van der Waals surface area contributed by atoms with Crippen molar-refractivity contribution in [1.29, 1.82) is 5.26 Å². The summed E-state index contributed by atoms with van der Waals surface area (Å²) in [5.41, 5.74) is 9.62. The third-order valence-corrected chi connectivity index (χ3v) is 10.4. The molecule has 0 radical (unpaired) electrons. The fourth-order valence-electron chi connectivity index (χ4n) is 8.24. The molecular formula is C33H38FN9O3. The fraction of sp³-hybridized carbons (Fsp3) is 0.545. The molecule has 1 aliphatic carbocycles. The zero-order valence-electron chi connectivity index (χ0n) is 25.8. The molecule has 3 aromatic rings. The van der Waals surface area contributed by atoms with Crippen molar-refractivity contribution in [3.63, 3.8) is 0 Å². The Bertz CT molecular complexity index is 1690. The van der Waals surface area contributed by atoms with Crippen LogP contribution in [-0.4, -0.2) is 82.3 Å². The van der Waals surface area contributed by atoms with E-state index >= 15 is 0 Å². The van der Waals surface area contributed by atoms with Crippen LogP contribution in [0.25, 0.3) is 0 Å². The van der Waals surface area contributed by atoms with Crippen LogP contribution in [0, 0.1) is 11.3 Å². The first-order chi connectivity index (χ1) is 22.5. The highest BCUT2D eigenvalue weighted by Crippen LogP contribution is 2.48. The lowest BCUT2D eigenvalue weighted by molar-refractivity contribution is -0.0856. The number of aryl methyl sites for hydroxylation is 1. The van der Waals surface area contributed by atoms with Gasteiger partial charge in [0.2, 0.25) is 0 Å². The lowest BCUT2D eigenvalue weighted by atomic mass is 9.72. The van der Waals surface area contributed by atoms with Crippen molar-refractivity contribution in [2.24, 2.45) is 4.99 Å². The first-order valence-corrected chi connectivity index (χ1v) is 16.2. The highest BCUT2D eigenvalue weighted by molar-refractivity contribution is 5.63. The maximum atomic E-state index is 14.4. The molecule has 0 amide bonds. The van der Waals surface area contributed by atoms with Gasteiger partial charge in [0.05, 0.1) is 37.1 Å². The molecule has 1 spiro atoms. The molecule has 4 atom stereocenters. The van der Waals surface area contributed by atoms with Gasteiger partial charge in [-0.2, -0.15) is 20.3 Å². The van der Waals surface area contributed by atoms with E-state index in [4.69, 9.17) is 34.9 Å². The monoisotopic (exact) mass is 627 g/mol. The number of alkyl halides is 1. The molecule has 3 saturated heterocycles. The number of hydrogen-bond donors (Lipinski definition) is 1. The largest absolute Gasteiger partial charge is 0.412 e. The number of nitriles is 1. The molecule has 46 heavy (non-hydrogen) atoms. The number of aromatic nitrogens is 4. The number of nitrogen functional groups attached to an aromatic ring is 1. The van der Waals surface area contributed by atoms with Gasteiger partial charge in [0.25, 0.3) is 0 Å². The summed E-state index contributed by atoms with van der Waals surface area (Å²) >= 11 is 0. The van der Waals surface area contributed by atoms with E-state index in [2.05, 4.69) is 21.0 Å². The summed E-state index contributed by atoms with van der Waals surface area (Å²) in [6.07, 6.45) is 9.37. The number of benzene rings is 1. The van der Waals surface area contributed by atoms with Gasteiger partial charge in [0.1, 0.15) is 29.3 Å². The molecule has 240 valence electrons. The second-order valence-electron chi connectivity index (χ2n) is 13.1. The summed E-state index contributed by atoms with van der Waals surface area (Å²) in [6, 6.07) is 8.26. The molecule has 8 rings (SSSR count). The van der Waals surface area contributed by atoms with E-state index in [-0.39, 0.29) is 18.7 Å². The average Bonchev–Trinajstić information content (AvgIpc) is 3.74. The van der Waals surface area contributed by atoms with Gasteiger partial charge in [-0.3, -0.25) is 9.58 Å². The standard InChI is InChI=1S/C33H38FN9O3/c34-23-14-33(8-2-10-42(33)17-23)37-21-45-31-39-28-15-32(7-1-4-22-5-6-27(36)25(16-35)29(22)32)46-20-26(28)30(40-31)41-12-13-44-19-24(18-41)43-11-3-9-38-43/h3,5-6,9,11,21,23-24H,1-2,4,7-8,10,12-15,17-20,36H2/t23-,24-,32+,33?/m1/s1. The third kappa shape index (κ3) is 4.99. The SMILES string of the molecule is N#Cc1c(N)ccc2c1[C@]1(CCC2)Cc2nc(OC=NC34CCCN3C[C@H](F)C4)nc(N3CCOC[C@H](n4cccn4)C3)c2CO1. The fourth-order valence-corrected chi connectivity index (χ4v) is 8.24. The number of nitrogens with zero attached hydrogens (tertiary/aromatic N) is 8. The topological polar surface area (TPSA) is 140 Å². The summed E-state index contributed by atoms with van der Waals surface area (Å²) in [5, 5.41) is 14.6. The molecule has 1 aromatic carbocycles. The van der Waals surface area contributed by atoms with E-state index in [1.165, 1.54) is 6.40 Å². The molecule has 13 heteroatoms. The number of halogens is 1. The molecule has 1 unspecified atom stereocenters. The number of rotatable bonds is 5. The second-order valence-corrected chi connectivity index (χ2v) is 13.1. The van der Waals surface area contributed by atoms with Crippen LogP contribution in [0.3, 0.4) is 0 Å². The van der Waals surface area contributed by atoms with Gasteiger partial charge in [-0.05, 0) is 49.8 Å². The van der Waals surface area contributed by atoms with Gasteiger partial charge in [0, 0.05) is 68.2 Å². The maximum absolute atomic E-state index is 14.4. The van der Waals surface area contributed by atoms with Crippen molar-refractivity contribution >= 4 is 17.9 Å². The number of ether oxygens (including phenoxy) is 3. The number of nitrogens with two attached hydrogens (primary N) is 1. The van der Waals surface area contributed by atoms with Crippen LogP contribution < -0.4 is 15.4 Å². The highest BCUT2D eigenvalue weighted by Gasteiger charge is 2.49. The summed E-state index contributed by atoms with van der Waals surface area (Å²) in [6.45, 7) is 3.82. The molecule has 5 aliphatic rings. The second kappa shape index (κ2) is 11.6. The van der Waals surface area contributed by atoms with Crippen LogP contribution in [0.4, 0.5) is 15.9 Å². The predicted octanol–water partition coefficient (Wildman–Crippen LogP) is 3.45. The first kappa shape index (κ1) is 29.3. The van der Waals surface area contributed by atoms with Crippen LogP contribution in [-0.2, 0) is 34.5 Å². The van der Waals surface area contributed by atoms with E-state index < -0.39 is 17.4 Å². The molecule has 0 bridgehead atoms. The zero-order valence-corrected chi connectivity index (χ0v) is 25.8. The van der Waals surface area contributed by atoms with Crippen molar-refractivity contribution in [2.45, 2.75) is 75.0 Å². The van der Waals surface area contributed by atoms with Crippen LogP contribution in [0.1, 0.15) is 66.1 Å². The molecule has 6 heterocycles. The van der Waals surface area contributed by atoms with Gasteiger partial charge in [-0.1, -0.05) is 6.07 Å². The maximum Gasteiger partial charge on any atom is 0.325 e. The average molecular weight is 628 g/mol. The van der Waals surface area contributed by atoms with Crippen molar-refractivity contribution in [3.8, 4) is 12.1 Å². The number of fused-ring (bicyclic) bond motifs is 4. The van der Waals surface area contributed by atoms with Gasteiger partial charge in [-0.25, -0.2) is 9.38 Å². The smallest absolute Gasteiger partial charge is 0.325 e. The van der Waals surface area contributed by atoms with E-state index in [0.29, 0.717) is 56.9 Å². The van der Waals surface area contributed by atoms with Crippen molar-refractivity contribution in [3.05, 3.63) is 58.5 Å². The quantitative estimate of drug-likeness (QED) is 0.254. The number of aliphatic imine (C=N–C) groups is 1. The Morgan fingerprint density at radius 3 is 3.00 bits per heavy atom. The third-order valence-electron chi connectivity index (χ3n) is 10.4. The molecule has 2 N–H and O–H groups in total.